The maximum Gasteiger partial charge on any atom is 0.229 e. The number of rotatable bonds is 2. The molecule has 1 saturated carbocycles. The molecule has 0 aliphatic heterocycles. The molecule has 2 N–H and O–H groups in total. The number of carbonyl (C=O) groups excluding carboxylic acids is 1. The number of amides is 1. The Labute approximate surface area is 69.8 Å². The third kappa shape index (κ3) is 0.879. The van der Waals surface area contributed by atoms with Crippen molar-refractivity contribution in [2.75, 3.05) is 0 Å². The van der Waals surface area contributed by atoms with E-state index in [-0.39, 0.29) is 5.91 Å². The van der Waals surface area contributed by atoms with E-state index < -0.39 is 5.41 Å². The second-order valence-corrected chi connectivity index (χ2v) is 3.06. The average molecular weight is 163 g/mol. The molecule has 62 valence electrons. The molecule has 0 atom stereocenters. The molecule has 0 spiro atoms. The second kappa shape index (κ2) is 2.27. The van der Waals surface area contributed by atoms with Gasteiger partial charge < -0.3 is 5.73 Å². The molecule has 1 fully saturated rings. The van der Waals surface area contributed by atoms with Crippen molar-refractivity contribution in [2.45, 2.75) is 18.3 Å². The van der Waals surface area contributed by atoms with Crippen LogP contribution in [0.4, 0.5) is 0 Å². The SMILES string of the molecule is NC(=O)C1(c2cccnn2)CC1. The maximum atomic E-state index is 11.0. The van der Waals surface area contributed by atoms with Crippen LogP contribution in [0.3, 0.4) is 0 Å². The number of aromatic nitrogens is 2. The quantitative estimate of drug-likeness (QED) is 0.666. The van der Waals surface area contributed by atoms with Crippen LogP contribution in [0, 0.1) is 0 Å². The van der Waals surface area contributed by atoms with Gasteiger partial charge in [-0.05, 0) is 25.0 Å². The molecule has 1 heterocycles. The van der Waals surface area contributed by atoms with E-state index in [0.29, 0.717) is 5.69 Å². The van der Waals surface area contributed by atoms with Crippen LogP contribution in [0.2, 0.25) is 0 Å². The predicted molar refractivity (Wildman–Crippen MR) is 42.1 cm³/mol. The first-order valence-corrected chi connectivity index (χ1v) is 3.84. The van der Waals surface area contributed by atoms with Gasteiger partial charge in [-0.3, -0.25) is 4.79 Å². The number of hydrogen-bond acceptors (Lipinski definition) is 3. The van der Waals surface area contributed by atoms with Gasteiger partial charge in [0.05, 0.1) is 11.1 Å². The van der Waals surface area contributed by atoms with E-state index in [9.17, 15) is 4.79 Å². The molecule has 4 nitrogen and oxygen atoms in total. The Kier molecular flexibility index (Phi) is 1.36. The Morgan fingerprint density at radius 2 is 2.33 bits per heavy atom. The molecule has 1 aliphatic carbocycles. The van der Waals surface area contributed by atoms with Crippen molar-refractivity contribution in [3.05, 3.63) is 24.0 Å². The fourth-order valence-electron chi connectivity index (χ4n) is 1.31. The van der Waals surface area contributed by atoms with E-state index in [1.807, 2.05) is 0 Å². The minimum absolute atomic E-state index is 0.289. The third-order valence-corrected chi connectivity index (χ3v) is 2.28. The largest absolute Gasteiger partial charge is 0.369 e. The average Bonchev–Trinajstić information content (AvgIpc) is 2.86. The summed E-state index contributed by atoms with van der Waals surface area (Å²) in [6.07, 6.45) is 3.20. The first-order chi connectivity index (χ1) is 5.76. The van der Waals surface area contributed by atoms with E-state index >= 15 is 0 Å². The first-order valence-electron chi connectivity index (χ1n) is 3.84. The smallest absolute Gasteiger partial charge is 0.229 e. The Hall–Kier alpha value is -1.45. The highest BCUT2D eigenvalue weighted by molar-refractivity contribution is 5.89. The van der Waals surface area contributed by atoms with Crippen LogP contribution in [-0.4, -0.2) is 16.1 Å². The summed E-state index contributed by atoms with van der Waals surface area (Å²) in [7, 11) is 0. The van der Waals surface area contributed by atoms with Gasteiger partial charge in [0.15, 0.2) is 0 Å². The monoisotopic (exact) mass is 163 g/mol. The number of hydrogen-bond donors (Lipinski definition) is 1. The predicted octanol–water partition coefficient (Wildman–Crippen LogP) is -0.00650. The summed E-state index contributed by atoms with van der Waals surface area (Å²) >= 11 is 0. The molecular formula is C8H9N3O. The number of nitrogens with zero attached hydrogens (tertiary/aromatic N) is 2. The van der Waals surface area contributed by atoms with Crippen LogP contribution in [-0.2, 0) is 10.2 Å². The van der Waals surface area contributed by atoms with Crippen LogP contribution in [0.5, 0.6) is 0 Å². The minimum Gasteiger partial charge on any atom is -0.369 e. The van der Waals surface area contributed by atoms with Gasteiger partial charge in [0, 0.05) is 6.20 Å². The van der Waals surface area contributed by atoms with Crippen molar-refractivity contribution >= 4 is 5.91 Å². The summed E-state index contributed by atoms with van der Waals surface area (Å²) in [4.78, 5) is 11.0. The summed E-state index contributed by atoms with van der Waals surface area (Å²) in [5.74, 6) is -0.289. The Balaban J connectivity index is 2.37. The Bertz CT molecular complexity index is 305. The normalized spacial score (nSPS) is 18.7. The summed E-state index contributed by atoms with van der Waals surface area (Å²) in [6, 6.07) is 3.57. The standard InChI is InChI=1S/C8H9N3O/c9-7(12)8(3-4-8)6-2-1-5-10-11-6/h1-2,5H,3-4H2,(H2,9,12). The Morgan fingerprint density at radius 3 is 2.75 bits per heavy atom. The Morgan fingerprint density at radius 1 is 1.58 bits per heavy atom. The topological polar surface area (TPSA) is 68.9 Å². The minimum atomic E-state index is -0.492. The molecule has 4 heteroatoms. The second-order valence-electron chi connectivity index (χ2n) is 3.06. The summed E-state index contributed by atoms with van der Waals surface area (Å²) in [5, 5.41) is 7.60. The zero-order chi connectivity index (χ0) is 8.60. The lowest BCUT2D eigenvalue weighted by molar-refractivity contribution is -0.120. The summed E-state index contributed by atoms with van der Waals surface area (Å²) in [6.45, 7) is 0. The van der Waals surface area contributed by atoms with Gasteiger partial charge in [-0.1, -0.05) is 0 Å². The van der Waals surface area contributed by atoms with Gasteiger partial charge in [0.25, 0.3) is 0 Å². The van der Waals surface area contributed by atoms with Crippen LogP contribution >= 0.6 is 0 Å². The van der Waals surface area contributed by atoms with Gasteiger partial charge in [0.2, 0.25) is 5.91 Å². The van der Waals surface area contributed by atoms with Gasteiger partial charge in [-0.25, -0.2) is 0 Å². The molecule has 0 saturated heterocycles. The van der Waals surface area contributed by atoms with E-state index in [1.165, 1.54) is 0 Å². The van der Waals surface area contributed by atoms with Crippen LogP contribution < -0.4 is 5.73 Å². The van der Waals surface area contributed by atoms with Crippen molar-refractivity contribution in [3.8, 4) is 0 Å². The van der Waals surface area contributed by atoms with Crippen molar-refractivity contribution in [2.24, 2.45) is 5.73 Å². The van der Waals surface area contributed by atoms with Crippen molar-refractivity contribution in [1.82, 2.24) is 10.2 Å². The molecule has 0 aromatic carbocycles. The van der Waals surface area contributed by atoms with E-state index in [2.05, 4.69) is 10.2 Å². The highest BCUT2D eigenvalue weighted by Gasteiger charge is 2.51. The van der Waals surface area contributed by atoms with E-state index in [4.69, 9.17) is 5.73 Å². The molecule has 0 bridgehead atoms. The molecule has 1 aliphatic rings. The maximum absolute atomic E-state index is 11.0. The molecule has 2 rings (SSSR count). The highest BCUT2D eigenvalue weighted by Crippen LogP contribution is 2.46. The fourth-order valence-corrected chi connectivity index (χ4v) is 1.31. The van der Waals surface area contributed by atoms with E-state index in [1.54, 1.807) is 18.3 Å². The lowest BCUT2D eigenvalue weighted by Gasteiger charge is -2.07. The molecule has 0 radical (unpaired) electrons. The van der Waals surface area contributed by atoms with Crippen molar-refractivity contribution < 1.29 is 4.79 Å². The highest BCUT2D eigenvalue weighted by atomic mass is 16.1. The lowest BCUT2D eigenvalue weighted by Crippen LogP contribution is -2.29. The molecule has 1 aromatic heterocycles. The fraction of sp³-hybridized carbons (Fsp3) is 0.375. The van der Waals surface area contributed by atoms with Gasteiger partial charge in [-0.2, -0.15) is 10.2 Å². The van der Waals surface area contributed by atoms with Gasteiger partial charge >= 0.3 is 0 Å². The van der Waals surface area contributed by atoms with Crippen LogP contribution in [0.1, 0.15) is 18.5 Å². The van der Waals surface area contributed by atoms with Gasteiger partial charge in [-0.15, -0.1) is 0 Å². The summed E-state index contributed by atoms with van der Waals surface area (Å²) in [5.41, 5.74) is 5.47. The van der Waals surface area contributed by atoms with E-state index in [0.717, 1.165) is 12.8 Å². The summed E-state index contributed by atoms with van der Waals surface area (Å²) < 4.78 is 0. The molecule has 1 aromatic rings. The molecule has 1 amide bonds. The number of nitrogens with two attached hydrogens (primary N) is 1. The van der Waals surface area contributed by atoms with Crippen molar-refractivity contribution in [3.63, 3.8) is 0 Å². The van der Waals surface area contributed by atoms with Crippen LogP contribution in [0.25, 0.3) is 0 Å². The van der Waals surface area contributed by atoms with Gasteiger partial charge in [0.1, 0.15) is 0 Å². The zero-order valence-electron chi connectivity index (χ0n) is 6.53. The third-order valence-electron chi connectivity index (χ3n) is 2.28. The molecular weight excluding hydrogens is 154 g/mol. The lowest BCUT2D eigenvalue weighted by atomic mass is 10.0. The van der Waals surface area contributed by atoms with Crippen LogP contribution in [0.15, 0.2) is 18.3 Å². The first kappa shape index (κ1) is 7.21. The molecule has 12 heavy (non-hydrogen) atoms. The number of carbonyl (C=O) groups is 1. The molecule has 0 unspecified atom stereocenters. The van der Waals surface area contributed by atoms with Crippen molar-refractivity contribution in [1.29, 1.82) is 0 Å². The number of primary amides is 1. The zero-order valence-corrected chi connectivity index (χ0v) is 6.53.